The molecule has 2 aromatic heterocycles. The summed E-state index contributed by atoms with van der Waals surface area (Å²) >= 11 is 0. The van der Waals surface area contributed by atoms with Gasteiger partial charge in [0.05, 0.1) is 0 Å². The lowest BCUT2D eigenvalue weighted by atomic mass is 10.1. The van der Waals surface area contributed by atoms with Gasteiger partial charge < -0.3 is 20.9 Å². The standard InChI is InChI=1S/C13H20N6O/c1-8(2)4-5-15-12-11(14)13(17-7-16-12)18-10-6-9(3)20-19-10/h6-8H,4-5,14H2,1-3H3,(H2,15,16,17,18,19). The van der Waals surface area contributed by atoms with Crippen LogP contribution >= 0.6 is 0 Å². The maximum absolute atomic E-state index is 6.05. The van der Waals surface area contributed by atoms with E-state index in [2.05, 4.69) is 39.6 Å². The first-order valence-electron chi connectivity index (χ1n) is 6.61. The summed E-state index contributed by atoms with van der Waals surface area (Å²) in [7, 11) is 0. The summed E-state index contributed by atoms with van der Waals surface area (Å²) in [6.07, 6.45) is 2.51. The second kappa shape index (κ2) is 6.23. The highest BCUT2D eigenvalue weighted by atomic mass is 16.5. The van der Waals surface area contributed by atoms with Gasteiger partial charge in [-0.2, -0.15) is 0 Å². The fraction of sp³-hybridized carbons (Fsp3) is 0.462. The Labute approximate surface area is 118 Å². The Morgan fingerprint density at radius 3 is 2.70 bits per heavy atom. The lowest BCUT2D eigenvalue weighted by Gasteiger charge is -2.12. The highest BCUT2D eigenvalue weighted by molar-refractivity contribution is 5.76. The minimum absolute atomic E-state index is 0.469. The van der Waals surface area contributed by atoms with Crippen molar-refractivity contribution in [2.45, 2.75) is 27.2 Å². The summed E-state index contributed by atoms with van der Waals surface area (Å²) in [5, 5.41) is 10.1. The van der Waals surface area contributed by atoms with Crippen molar-refractivity contribution >= 4 is 23.1 Å². The van der Waals surface area contributed by atoms with E-state index in [1.807, 2.05) is 6.92 Å². The van der Waals surface area contributed by atoms with Crippen molar-refractivity contribution in [1.29, 1.82) is 0 Å². The van der Waals surface area contributed by atoms with E-state index in [4.69, 9.17) is 10.3 Å². The molecule has 108 valence electrons. The first-order chi connectivity index (χ1) is 9.56. The number of anilines is 4. The smallest absolute Gasteiger partial charge is 0.175 e. The fourth-order valence-electron chi connectivity index (χ4n) is 1.66. The molecular weight excluding hydrogens is 256 g/mol. The second-order valence-corrected chi connectivity index (χ2v) is 5.04. The van der Waals surface area contributed by atoms with Gasteiger partial charge in [0.25, 0.3) is 0 Å². The van der Waals surface area contributed by atoms with Crippen molar-refractivity contribution in [3.8, 4) is 0 Å². The van der Waals surface area contributed by atoms with Gasteiger partial charge in [-0.25, -0.2) is 9.97 Å². The van der Waals surface area contributed by atoms with Gasteiger partial charge >= 0.3 is 0 Å². The Bertz CT molecular complexity index is 566. The maximum atomic E-state index is 6.05. The summed E-state index contributed by atoms with van der Waals surface area (Å²) in [5.41, 5.74) is 6.52. The molecule has 0 bridgehead atoms. The average Bonchev–Trinajstić information content (AvgIpc) is 2.79. The SMILES string of the molecule is Cc1cc(Nc2ncnc(NCCC(C)C)c2N)no1. The van der Waals surface area contributed by atoms with Gasteiger partial charge in [-0.3, -0.25) is 0 Å². The lowest BCUT2D eigenvalue weighted by molar-refractivity contribution is 0.400. The third kappa shape index (κ3) is 3.59. The van der Waals surface area contributed by atoms with E-state index in [1.54, 1.807) is 6.07 Å². The van der Waals surface area contributed by atoms with Crippen molar-refractivity contribution in [2.75, 3.05) is 22.9 Å². The van der Waals surface area contributed by atoms with Crippen molar-refractivity contribution in [1.82, 2.24) is 15.1 Å². The molecule has 0 aromatic carbocycles. The molecular formula is C13H20N6O. The van der Waals surface area contributed by atoms with Crippen LogP contribution in [0.4, 0.5) is 23.1 Å². The van der Waals surface area contributed by atoms with Crippen LogP contribution in [0.1, 0.15) is 26.0 Å². The molecule has 0 unspecified atom stereocenters. The van der Waals surface area contributed by atoms with Crippen LogP contribution in [0, 0.1) is 12.8 Å². The molecule has 2 rings (SSSR count). The molecule has 0 aliphatic carbocycles. The summed E-state index contributed by atoms with van der Waals surface area (Å²) < 4.78 is 4.99. The highest BCUT2D eigenvalue weighted by Crippen LogP contribution is 2.25. The van der Waals surface area contributed by atoms with Crippen LogP contribution < -0.4 is 16.4 Å². The molecule has 0 saturated carbocycles. The first kappa shape index (κ1) is 14.1. The first-order valence-corrected chi connectivity index (χ1v) is 6.61. The molecule has 2 heterocycles. The molecule has 0 fully saturated rings. The quantitative estimate of drug-likeness (QED) is 0.745. The lowest BCUT2D eigenvalue weighted by Crippen LogP contribution is -2.10. The molecule has 2 aromatic rings. The largest absolute Gasteiger partial charge is 0.393 e. The molecule has 0 saturated heterocycles. The molecule has 0 aliphatic heterocycles. The summed E-state index contributed by atoms with van der Waals surface area (Å²) in [5.74, 6) is 3.06. The Morgan fingerprint density at radius 1 is 1.30 bits per heavy atom. The zero-order valence-corrected chi connectivity index (χ0v) is 12.0. The van der Waals surface area contributed by atoms with Crippen LogP contribution in [0.5, 0.6) is 0 Å². The van der Waals surface area contributed by atoms with Crippen LogP contribution in [0.2, 0.25) is 0 Å². The topological polar surface area (TPSA) is 102 Å². The number of hydrogen-bond donors (Lipinski definition) is 3. The third-order valence-electron chi connectivity index (χ3n) is 2.77. The van der Waals surface area contributed by atoms with Gasteiger partial charge in [0, 0.05) is 12.6 Å². The van der Waals surface area contributed by atoms with Gasteiger partial charge in [-0.05, 0) is 19.3 Å². The summed E-state index contributed by atoms with van der Waals surface area (Å²) in [4.78, 5) is 8.27. The van der Waals surface area contributed by atoms with Crippen LogP contribution in [0.15, 0.2) is 16.9 Å². The van der Waals surface area contributed by atoms with E-state index >= 15 is 0 Å². The molecule has 4 N–H and O–H groups in total. The second-order valence-electron chi connectivity index (χ2n) is 5.04. The van der Waals surface area contributed by atoms with Gasteiger partial charge in [0.15, 0.2) is 17.5 Å². The molecule has 7 heteroatoms. The number of nitrogens with two attached hydrogens (primary N) is 1. The van der Waals surface area contributed by atoms with Crippen LogP contribution in [0.25, 0.3) is 0 Å². The van der Waals surface area contributed by atoms with E-state index in [0.717, 1.165) is 18.7 Å². The minimum Gasteiger partial charge on any atom is -0.393 e. The Hall–Kier alpha value is -2.31. The van der Waals surface area contributed by atoms with Crippen LogP contribution in [-0.2, 0) is 0 Å². The number of aromatic nitrogens is 3. The monoisotopic (exact) mass is 276 g/mol. The fourth-order valence-corrected chi connectivity index (χ4v) is 1.66. The number of rotatable bonds is 6. The number of nitrogens with one attached hydrogen (secondary N) is 2. The van der Waals surface area contributed by atoms with E-state index in [0.29, 0.717) is 29.1 Å². The van der Waals surface area contributed by atoms with Crippen LogP contribution in [0.3, 0.4) is 0 Å². The van der Waals surface area contributed by atoms with Crippen molar-refractivity contribution in [2.24, 2.45) is 5.92 Å². The van der Waals surface area contributed by atoms with E-state index in [1.165, 1.54) is 6.33 Å². The molecule has 20 heavy (non-hydrogen) atoms. The Kier molecular flexibility index (Phi) is 4.39. The molecule has 0 radical (unpaired) electrons. The van der Waals surface area contributed by atoms with Gasteiger partial charge in [0.2, 0.25) is 0 Å². The third-order valence-corrected chi connectivity index (χ3v) is 2.77. The number of hydrogen-bond acceptors (Lipinski definition) is 7. The summed E-state index contributed by atoms with van der Waals surface area (Å²) in [6, 6.07) is 1.77. The normalized spacial score (nSPS) is 10.8. The summed E-state index contributed by atoms with van der Waals surface area (Å²) in [6.45, 7) is 6.98. The average molecular weight is 276 g/mol. The zero-order chi connectivity index (χ0) is 14.5. The molecule has 0 atom stereocenters. The maximum Gasteiger partial charge on any atom is 0.175 e. The molecule has 0 spiro atoms. The minimum atomic E-state index is 0.469. The van der Waals surface area contributed by atoms with Crippen LogP contribution in [-0.4, -0.2) is 21.7 Å². The number of nitrogen functional groups attached to an aromatic ring is 1. The van der Waals surface area contributed by atoms with Gasteiger partial charge in [-0.1, -0.05) is 19.0 Å². The highest BCUT2D eigenvalue weighted by Gasteiger charge is 2.10. The van der Waals surface area contributed by atoms with Crippen molar-refractivity contribution in [3.05, 3.63) is 18.2 Å². The Balaban J connectivity index is 2.06. The van der Waals surface area contributed by atoms with Gasteiger partial charge in [0.1, 0.15) is 17.8 Å². The zero-order valence-electron chi connectivity index (χ0n) is 12.0. The van der Waals surface area contributed by atoms with Crippen molar-refractivity contribution < 1.29 is 4.52 Å². The predicted octanol–water partition coefficient (Wildman–Crippen LogP) is 2.56. The predicted molar refractivity (Wildman–Crippen MR) is 78.9 cm³/mol. The number of aryl methyl sites for hydroxylation is 1. The van der Waals surface area contributed by atoms with E-state index in [-0.39, 0.29) is 0 Å². The van der Waals surface area contributed by atoms with E-state index < -0.39 is 0 Å². The van der Waals surface area contributed by atoms with E-state index in [9.17, 15) is 0 Å². The van der Waals surface area contributed by atoms with Crippen molar-refractivity contribution in [3.63, 3.8) is 0 Å². The Morgan fingerprint density at radius 2 is 2.05 bits per heavy atom. The molecule has 0 amide bonds. The molecule has 7 nitrogen and oxygen atoms in total. The van der Waals surface area contributed by atoms with Gasteiger partial charge in [-0.15, -0.1) is 0 Å². The molecule has 0 aliphatic rings. The number of nitrogens with zero attached hydrogens (tertiary/aromatic N) is 3.